The summed E-state index contributed by atoms with van der Waals surface area (Å²) in [6.45, 7) is 2.81. The topological polar surface area (TPSA) is 24.9 Å². The quantitative estimate of drug-likeness (QED) is 0.926. The molecule has 0 atom stereocenters. The lowest BCUT2D eigenvalue weighted by Gasteiger charge is -2.04. The van der Waals surface area contributed by atoms with E-state index < -0.39 is 0 Å². The van der Waals surface area contributed by atoms with Crippen LogP contribution in [0, 0.1) is 6.92 Å². The van der Waals surface area contributed by atoms with Crippen LogP contribution in [-0.2, 0) is 6.54 Å². The van der Waals surface area contributed by atoms with Gasteiger partial charge in [0, 0.05) is 15.0 Å². The van der Waals surface area contributed by atoms with Gasteiger partial charge >= 0.3 is 0 Å². The van der Waals surface area contributed by atoms with Gasteiger partial charge in [-0.2, -0.15) is 0 Å². The molecular formula is C11H11BrN2S. The Morgan fingerprint density at radius 3 is 2.93 bits per heavy atom. The van der Waals surface area contributed by atoms with Crippen molar-refractivity contribution in [3.05, 3.63) is 44.7 Å². The van der Waals surface area contributed by atoms with Gasteiger partial charge in [0.2, 0.25) is 0 Å². The molecule has 0 aromatic carbocycles. The van der Waals surface area contributed by atoms with Crippen molar-refractivity contribution in [3.8, 4) is 0 Å². The Kier molecular flexibility index (Phi) is 3.38. The lowest BCUT2D eigenvalue weighted by Crippen LogP contribution is -2.00. The number of thiophene rings is 1. The lowest BCUT2D eigenvalue weighted by atomic mass is 10.3. The number of aromatic nitrogens is 1. The first-order valence-corrected chi connectivity index (χ1v) is 6.32. The number of aryl methyl sites for hydroxylation is 1. The molecule has 0 unspecified atom stereocenters. The van der Waals surface area contributed by atoms with E-state index in [1.54, 1.807) is 11.3 Å². The third kappa shape index (κ3) is 2.79. The first kappa shape index (κ1) is 10.6. The van der Waals surface area contributed by atoms with Gasteiger partial charge in [-0.1, -0.05) is 6.07 Å². The molecule has 0 saturated carbocycles. The van der Waals surface area contributed by atoms with Crippen LogP contribution in [0.25, 0.3) is 0 Å². The highest BCUT2D eigenvalue weighted by Crippen LogP contribution is 2.23. The second kappa shape index (κ2) is 4.77. The summed E-state index contributed by atoms with van der Waals surface area (Å²) in [5.74, 6) is 0.926. The average Bonchev–Trinajstić information content (AvgIpc) is 2.61. The van der Waals surface area contributed by atoms with E-state index in [9.17, 15) is 0 Å². The fourth-order valence-electron chi connectivity index (χ4n) is 1.26. The van der Waals surface area contributed by atoms with Crippen molar-refractivity contribution >= 4 is 33.1 Å². The molecule has 0 spiro atoms. The first-order chi connectivity index (χ1) is 7.25. The van der Waals surface area contributed by atoms with Crippen LogP contribution in [-0.4, -0.2) is 4.98 Å². The molecule has 15 heavy (non-hydrogen) atoms. The Hall–Kier alpha value is -0.870. The minimum absolute atomic E-state index is 0.814. The summed E-state index contributed by atoms with van der Waals surface area (Å²) in [4.78, 5) is 5.67. The van der Waals surface area contributed by atoms with Crippen molar-refractivity contribution in [3.63, 3.8) is 0 Å². The predicted octanol–water partition coefficient (Wildman–Crippen LogP) is 3.83. The van der Waals surface area contributed by atoms with Gasteiger partial charge in [-0.25, -0.2) is 4.98 Å². The Morgan fingerprint density at radius 1 is 1.40 bits per heavy atom. The first-order valence-electron chi connectivity index (χ1n) is 4.65. The molecule has 2 nitrogen and oxygen atoms in total. The SMILES string of the molecule is Cc1cccc(NCc2sccc2Br)n1. The second-order valence-electron chi connectivity index (χ2n) is 3.21. The highest BCUT2D eigenvalue weighted by atomic mass is 79.9. The summed E-state index contributed by atoms with van der Waals surface area (Å²) in [5.41, 5.74) is 1.03. The van der Waals surface area contributed by atoms with E-state index >= 15 is 0 Å². The van der Waals surface area contributed by atoms with E-state index in [4.69, 9.17) is 0 Å². The Morgan fingerprint density at radius 2 is 2.27 bits per heavy atom. The molecule has 2 aromatic rings. The van der Waals surface area contributed by atoms with Gasteiger partial charge in [0.05, 0.1) is 6.54 Å². The molecule has 0 aliphatic carbocycles. The van der Waals surface area contributed by atoms with E-state index in [-0.39, 0.29) is 0 Å². The molecule has 2 aromatic heterocycles. The van der Waals surface area contributed by atoms with Gasteiger partial charge in [0.25, 0.3) is 0 Å². The molecule has 2 rings (SSSR count). The third-order valence-corrected chi connectivity index (χ3v) is 3.94. The normalized spacial score (nSPS) is 10.3. The highest BCUT2D eigenvalue weighted by Gasteiger charge is 2.01. The monoisotopic (exact) mass is 282 g/mol. The van der Waals surface area contributed by atoms with Crippen molar-refractivity contribution < 1.29 is 0 Å². The van der Waals surface area contributed by atoms with Crippen LogP contribution in [0.15, 0.2) is 34.1 Å². The average molecular weight is 283 g/mol. The molecular weight excluding hydrogens is 272 g/mol. The van der Waals surface area contributed by atoms with Gasteiger partial charge in [0.15, 0.2) is 0 Å². The standard InChI is InChI=1S/C11H11BrN2S/c1-8-3-2-4-11(14-8)13-7-10-9(12)5-6-15-10/h2-6H,7H2,1H3,(H,13,14). The Balaban J connectivity index is 2.02. The van der Waals surface area contributed by atoms with Crippen LogP contribution < -0.4 is 5.32 Å². The van der Waals surface area contributed by atoms with Crippen molar-refractivity contribution in [2.75, 3.05) is 5.32 Å². The Bertz CT molecular complexity index is 453. The van der Waals surface area contributed by atoms with Gasteiger partial charge < -0.3 is 5.32 Å². The van der Waals surface area contributed by atoms with Crippen LogP contribution in [0.4, 0.5) is 5.82 Å². The van der Waals surface area contributed by atoms with Crippen molar-refractivity contribution in [1.29, 1.82) is 0 Å². The van der Waals surface area contributed by atoms with Gasteiger partial charge in [-0.15, -0.1) is 11.3 Å². The van der Waals surface area contributed by atoms with E-state index in [2.05, 4.69) is 37.7 Å². The van der Waals surface area contributed by atoms with Crippen LogP contribution >= 0.6 is 27.3 Å². The summed E-state index contributed by atoms with van der Waals surface area (Å²) in [6, 6.07) is 8.04. The number of rotatable bonds is 3. The van der Waals surface area contributed by atoms with E-state index in [1.807, 2.05) is 25.1 Å². The Labute approximate surface area is 101 Å². The predicted molar refractivity (Wildman–Crippen MR) is 68.3 cm³/mol. The van der Waals surface area contributed by atoms with Gasteiger partial charge in [-0.3, -0.25) is 0 Å². The van der Waals surface area contributed by atoms with Crippen molar-refractivity contribution in [2.24, 2.45) is 0 Å². The lowest BCUT2D eigenvalue weighted by molar-refractivity contribution is 1.11. The maximum absolute atomic E-state index is 4.38. The maximum Gasteiger partial charge on any atom is 0.126 e. The zero-order valence-corrected chi connectivity index (χ0v) is 10.7. The molecule has 0 amide bonds. The molecule has 0 saturated heterocycles. The number of halogens is 1. The van der Waals surface area contributed by atoms with Crippen molar-refractivity contribution in [2.45, 2.75) is 13.5 Å². The number of hydrogen-bond donors (Lipinski definition) is 1. The van der Waals surface area contributed by atoms with Crippen LogP contribution in [0.3, 0.4) is 0 Å². The molecule has 2 heterocycles. The molecule has 78 valence electrons. The number of anilines is 1. The van der Waals surface area contributed by atoms with Gasteiger partial charge in [0.1, 0.15) is 5.82 Å². The number of pyridine rings is 1. The zero-order valence-electron chi connectivity index (χ0n) is 8.33. The minimum atomic E-state index is 0.814. The molecule has 0 fully saturated rings. The van der Waals surface area contributed by atoms with Crippen LogP contribution in [0.1, 0.15) is 10.6 Å². The fourth-order valence-corrected chi connectivity index (χ4v) is 2.70. The molecule has 0 aliphatic rings. The fraction of sp³-hybridized carbons (Fsp3) is 0.182. The largest absolute Gasteiger partial charge is 0.365 e. The maximum atomic E-state index is 4.38. The summed E-state index contributed by atoms with van der Waals surface area (Å²) >= 11 is 5.24. The van der Waals surface area contributed by atoms with Crippen LogP contribution in [0.5, 0.6) is 0 Å². The highest BCUT2D eigenvalue weighted by molar-refractivity contribution is 9.10. The number of nitrogens with one attached hydrogen (secondary N) is 1. The summed E-state index contributed by atoms with van der Waals surface area (Å²) in [7, 11) is 0. The summed E-state index contributed by atoms with van der Waals surface area (Å²) < 4.78 is 1.16. The third-order valence-electron chi connectivity index (χ3n) is 2.01. The molecule has 0 aliphatic heterocycles. The zero-order chi connectivity index (χ0) is 10.7. The van der Waals surface area contributed by atoms with E-state index in [0.29, 0.717) is 0 Å². The van der Waals surface area contributed by atoms with Crippen molar-refractivity contribution in [1.82, 2.24) is 4.98 Å². The van der Waals surface area contributed by atoms with Crippen LogP contribution in [0.2, 0.25) is 0 Å². The minimum Gasteiger partial charge on any atom is -0.365 e. The van der Waals surface area contributed by atoms with Gasteiger partial charge in [-0.05, 0) is 46.4 Å². The number of nitrogens with zero attached hydrogens (tertiary/aromatic N) is 1. The molecule has 4 heteroatoms. The van der Waals surface area contributed by atoms with E-state index in [0.717, 1.165) is 22.5 Å². The number of hydrogen-bond acceptors (Lipinski definition) is 3. The van der Waals surface area contributed by atoms with E-state index in [1.165, 1.54) is 4.88 Å². The smallest absolute Gasteiger partial charge is 0.126 e. The molecule has 1 N–H and O–H groups in total. The summed E-state index contributed by atoms with van der Waals surface area (Å²) in [5, 5.41) is 5.37. The molecule has 0 bridgehead atoms. The molecule has 0 radical (unpaired) electrons. The second-order valence-corrected chi connectivity index (χ2v) is 5.06. The summed E-state index contributed by atoms with van der Waals surface area (Å²) in [6.07, 6.45) is 0.